The lowest BCUT2D eigenvalue weighted by atomic mass is 9.72. The molecular formula is C46H31N3O. The topological polar surface area (TPSA) is 58.8 Å². The molecule has 2 heterocycles. The van der Waals surface area contributed by atoms with Crippen molar-refractivity contribution in [3.05, 3.63) is 167 Å². The van der Waals surface area contributed by atoms with E-state index < -0.39 is 5.41 Å². The first-order valence-corrected chi connectivity index (χ1v) is 17.0. The Morgan fingerprint density at radius 1 is 0.520 bits per heavy atom. The fraction of sp³-hybridized carbons (Fsp3) is 0.109. The van der Waals surface area contributed by atoms with Crippen molar-refractivity contribution in [2.45, 2.75) is 31.6 Å². The normalized spacial score (nSPS) is 16.7. The van der Waals surface area contributed by atoms with E-state index in [9.17, 15) is 5.26 Å². The van der Waals surface area contributed by atoms with Gasteiger partial charge in [0.1, 0.15) is 11.5 Å². The highest BCUT2D eigenvalue weighted by atomic mass is 16.5. The van der Waals surface area contributed by atoms with Gasteiger partial charge in [0.15, 0.2) is 5.82 Å². The van der Waals surface area contributed by atoms with Crippen molar-refractivity contribution >= 4 is 0 Å². The van der Waals surface area contributed by atoms with Crippen molar-refractivity contribution < 1.29 is 4.74 Å². The Morgan fingerprint density at radius 3 is 2.10 bits per heavy atom. The van der Waals surface area contributed by atoms with Gasteiger partial charge < -0.3 is 4.74 Å². The molecule has 1 aromatic heterocycles. The summed E-state index contributed by atoms with van der Waals surface area (Å²) >= 11 is 0. The lowest BCUT2D eigenvalue weighted by Crippen LogP contribution is -2.27. The van der Waals surface area contributed by atoms with Crippen LogP contribution in [-0.4, -0.2) is 9.97 Å². The maximum Gasteiger partial charge on any atom is 0.160 e. The van der Waals surface area contributed by atoms with Crippen LogP contribution in [0.25, 0.3) is 56.2 Å². The molecule has 4 heteroatoms. The first kappa shape index (κ1) is 28.7. The molecule has 7 aromatic rings. The molecule has 1 unspecified atom stereocenters. The number of aromatic nitrogens is 2. The van der Waals surface area contributed by atoms with Crippen LogP contribution in [0, 0.1) is 11.3 Å². The zero-order valence-electron chi connectivity index (χ0n) is 28.0. The molecule has 6 aromatic carbocycles. The van der Waals surface area contributed by atoms with Crippen molar-refractivity contribution in [2.75, 3.05) is 0 Å². The van der Waals surface area contributed by atoms with Crippen LogP contribution < -0.4 is 4.74 Å². The molecule has 0 bridgehead atoms. The van der Waals surface area contributed by atoms with Gasteiger partial charge in [-0.05, 0) is 88.3 Å². The largest absolute Gasteiger partial charge is 0.457 e. The molecule has 2 aliphatic carbocycles. The smallest absolute Gasteiger partial charge is 0.160 e. The Kier molecular flexibility index (Phi) is 5.80. The molecule has 1 aliphatic heterocycles. The molecule has 4 nitrogen and oxygen atoms in total. The van der Waals surface area contributed by atoms with Gasteiger partial charge in [-0.25, -0.2) is 9.97 Å². The number of rotatable bonds is 3. The second-order valence-corrected chi connectivity index (χ2v) is 14.2. The molecule has 50 heavy (non-hydrogen) atoms. The third-order valence-corrected chi connectivity index (χ3v) is 11.2. The van der Waals surface area contributed by atoms with E-state index in [1.165, 1.54) is 27.8 Å². The van der Waals surface area contributed by atoms with E-state index in [1.54, 1.807) is 0 Å². The van der Waals surface area contributed by atoms with Crippen molar-refractivity contribution in [3.8, 4) is 73.7 Å². The van der Waals surface area contributed by atoms with Gasteiger partial charge in [-0.2, -0.15) is 5.26 Å². The minimum Gasteiger partial charge on any atom is -0.457 e. The Labute approximate surface area is 291 Å². The number of ether oxygens (including phenoxy) is 1. The van der Waals surface area contributed by atoms with Crippen molar-refractivity contribution in [2.24, 2.45) is 0 Å². The first-order valence-electron chi connectivity index (χ1n) is 17.0. The molecule has 0 radical (unpaired) electrons. The van der Waals surface area contributed by atoms with E-state index in [2.05, 4.69) is 130 Å². The predicted molar refractivity (Wildman–Crippen MR) is 198 cm³/mol. The highest BCUT2D eigenvalue weighted by Gasteiger charge is 2.47. The van der Waals surface area contributed by atoms with Crippen LogP contribution >= 0.6 is 0 Å². The van der Waals surface area contributed by atoms with Crippen molar-refractivity contribution in [1.82, 2.24) is 9.97 Å². The van der Waals surface area contributed by atoms with Crippen LogP contribution in [-0.2, 0) is 10.8 Å². The van der Waals surface area contributed by atoms with Crippen LogP contribution in [0.15, 0.2) is 133 Å². The van der Waals surface area contributed by atoms with E-state index in [4.69, 9.17) is 14.7 Å². The van der Waals surface area contributed by atoms with E-state index in [1.807, 2.05) is 30.3 Å². The quantitative estimate of drug-likeness (QED) is 0.193. The molecular weight excluding hydrogens is 611 g/mol. The summed E-state index contributed by atoms with van der Waals surface area (Å²) < 4.78 is 6.45. The van der Waals surface area contributed by atoms with Crippen LogP contribution in [0.3, 0.4) is 0 Å². The summed E-state index contributed by atoms with van der Waals surface area (Å²) in [6.07, 6.45) is 0. The number of hydrogen-bond donors (Lipinski definition) is 0. The average molecular weight is 642 g/mol. The lowest BCUT2D eigenvalue weighted by molar-refractivity contribution is 0.431. The molecule has 0 amide bonds. The Balaban J connectivity index is 1.15. The highest BCUT2D eigenvalue weighted by molar-refractivity contribution is 5.90. The molecule has 1 atom stereocenters. The molecule has 0 spiro atoms. The van der Waals surface area contributed by atoms with E-state index in [-0.39, 0.29) is 5.41 Å². The van der Waals surface area contributed by atoms with Gasteiger partial charge in [-0.15, -0.1) is 0 Å². The minimum atomic E-state index is -0.457. The van der Waals surface area contributed by atoms with Crippen LogP contribution in [0.1, 0.15) is 54.2 Å². The average Bonchev–Trinajstić information content (AvgIpc) is 3.56. The number of benzene rings is 6. The van der Waals surface area contributed by atoms with Crippen LogP contribution in [0.4, 0.5) is 0 Å². The summed E-state index contributed by atoms with van der Waals surface area (Å²) in [6.45, 7) is 6.86. The number of nitrogens with zero attached hydrogens (tertiary/aromatic N) is 3. The van der Waals surface area contributed by atoms with Gasteiger partial charge in [0.05, 0.1) is 28.4 Å². The number of nitriles is 1. The van der Waals surface area contributed by atoms with E-state index in [0.29, 0.717) is 11.4 Å². The number of fused-ring (bicyclic) bond motifs is 8. The van der Waals surface area contributed by atoms with Crippen molar-refractivity contribution in [1.29, 1.82) is 5.26 Å². The summed E-state index contributed by atoms with van der Waals surface area (Å²) in [4.78, 5) is 10.5. The second-order valence-electron chi connectivity index (χ2n) is 14.2. The second kappa shape index (κ2) is 10.1. The van der Waals surface area contributed by atoms with E-state index >= 15 is 0 Å². The monoisotopic (exact) mass is 641 g/mol. The summed E-state index contributed by atoms with van der Waals surface area (Å²) in [5.41, 5.74) is 15.7. The molecule has 10 rings (SSSR count). The summed E-state index contributed by atoms with van der Waals surface area (Å²) in [5.74, 6) is 2.35. The maximum atomic E-state index is 9.77. The maximum absolute atomic E-state index is 9.77. The molecule has 0 fully saturated rings. The van der Waals surface area contributed by atoms with Crippen molar-refractivity contribution in [3.63, 3.8) is 0 Å². The van der Waals surface area contributed by atoms with Gasteiger partial charge in [-0.3, -0.25) is 0 Å². The number of hydrogen-bond acceptors (Lipinski definition) is 4. The molecule has 236 valence electrons. The minimum absolute atomic E-state index is 0.124. The first-order chi connectivity index (χ1) is 24.3. The Hall–Kier alpha value is -6.31. The van der Waals surface area contributed by atoms with E-state index in [0.717, 1.165) is 61.8 Å². The molecule has 3 aliphatic rings. The third kappa shape index (κ3) is 3.86. The van der Waals surface area contributed by atoms with Crippen LogP contribution in [0.5, 0.6) is 11.5 Å². The zero-order chi connectivity index (χ0) is 33.8. The lowest BCUT2D eigenvalue weighted by Gasteiger charge is -2.35. The van der Waals surface area contributed by atoms with Gasteiger partial charge in [-0.1, -0.05) is 105 Å². The zero-order valence-corrected chi connectivity index (χ0v) is 28.0. The van der Waals surface area contributed by atoms with Gasteiger partial charge in [0.2, 0.25) is 0 Å². The highest BCUT2D eigenvalue weighted by Crippen LogP contribution is 2.61. The fourth-order valence-electron chi connectivity index (χ4n) is 8.66. The third-order valence-electron chi connectivity index (χ3n) is 11.2. The fourth-order valence-corrected chi connectivity index (χ4v) is 8.66. The summed E-state index contributed by atoms with van der Waals surface area (Å²) in [6, 6.07) is 48.9. The summed E-state index contributed by atoms with van der Waals surface area (Å²) in [5, 5.41) is 9.77. The van der Waals surface area contributed by atoms with Gasteiger partial charge in [0, 0.05) is 33.2 Å². The molecule has 0 saturated carbocycles. The van der Waals surface area contributed by atoms with Crippen LogP contribution in [0.2, 0.25) is 0 Å². The Bertz CT molecular complexity index is 2630. The molecule has 0 saturated heterocycles. The summed E-state index contributed by atoms with van der Waals surface area (Å²) in [7, 11) is 0. The SMILES string of the molecule is CC1(C)c2ccccc2-c2ccc(-c3nc(-c4ccccc4)cc(-c4ccc5c(c4)-c4cccc6c4C5(C)c4cc(C#N)ccc4O6)n3)cc21. The molecule has 0 N–H and O–H groups in total. The predicted octanol–water partition coefficient (Wildman–Crippen LogP) is 11.1. The Morgan fingerprint density at radius 2 is 1.26 bits per heavy atom. The van der Waals surface area contributed by atoms with Gasteiger partial charge in [0.25, 0.3) is 0 Å². The standard InChI is InChI=1S/C46H31N3O/c1-45(2)35-14-8-7-12-31(35)32-19-17-30(24-37(32)45)44-48-39(28-10-5-4-6-11-28)25-40(49-44)29-18-20-36-34(23-29)33-13-9-15-42-43(33)46(36,3)38-22-27(26-47)16-21-41(38)50-42/h4-25H,1-3H3. The van der Waals surface area contributed by atoms with Gasteiger partial charge >= 0.3 is 0 Å².